The second kappa shape index (κ2) is 4.59. The second-order valence-corrected chi connectivity index (χ2v) is 4.18. The van der Waals surface area contributed by atoms with Crippen LogP contribution in [0, 0.1) is 6.92 Å². The standard InChI is InChI=1S/C13H16N2O2/c1-8-12(10(6-7-14)13(16)17)9-4-2-3-5-11(9)15-8/h2-5,10,15H,6-7,14H2,1H3,(H,16,17). The summed E-state index contributed by atoms with van der Waals surface area (Å²) in [5.41, 5.74) is 8.24. The quantitative estimate of drug-likeness (QED) is 0.754. The number of fused-ring (bicyclic) bond motifs is 1. The van der Waals surface area contributed by atoms with Gasteiger partial charge in [-0.05, 0) is 31.5 Å². The number of carboxylic acids is 1. The van der Waals surface area contributed by atoms with Crippen LogP contribution < -0.4 is 5.73 Å². The van der Waals surface area contributed by atoms with Gasteiger partial charge in [-0.2, -0.15) is 0 Å². The van der Waals surface area contributed by atoms with E-state index in [0.717, 1.165) is 22.2 Å². The van der Waals surface area contributed by atoms with Crippen LogP contribution in [0.3, 0.4) is 0 Å². The Morgan fingerprint density at radius 1 is 1.47 bits per heavy atom. The van der Waals surface area contributed by atoms with E-state index in [-0.39, 0.29) is 0 Å². The highest BCUT2D eigenvalue weighted by Crippen LogP contribution is 2.31. The minimum atomic E-state index is -0.816. The summed E-state index contributed by atoms with van der Waals surface area (Å²) in [6.07, 6.45) is 0.456. The van der Waals surface area contributed by atoms with Gasteiger partial charge in [0.25, 0.3) is 0 Å². The van der Waals surface area contributed by atoms with Crippen molar-refractivity contribution < 1.29 is 9.90 Å². The van der Waals surface area contributed by atoms with E-state index in [1.54, 1.807) is 0 Å². The zero-order valence-corrected chi connectivity index (χ0v) is 9.73. The van der Waals surface area contributed by atoms with E-state index in [4.69, 9.17) is 5.73 Å². The maximum Gasteiger partial charge on any atom is 0.311 e. The Morgan fingerprint density at radius 3 is 2.82 bits per heavy atom. The van der Waals surface area contributed by atoms with E-state index in [1.165, 1.54) is 0 Å². The molecule has 1 atom stereocenters. The molecular formula is C13H16N2O2. The average molecular weight is 232 g/mol. The molecule has 0 radical (unpaired) electrons. The Kier molecular flexibility index (Phi) is 3.15. The molecule has 17 heavy (non-hydrogen) atoms. The number of aromatic nitrogens is 1. The number of carbonyl (C=O) groups is 1. The lowest BCUT2D eigenvalue weighted by molar-refractivity contribution is -0.138. The zero-order chi connectivity index (χ0) is 12.4. The highest BCUT2D eigenvalue weighted by Gasteiger charge is 2.24. The second-order valence-electron chi connectivity index (χ2n) is 4.18. The average Bonchev–Trinajstić information content (AvgIpc) is 2.62. The molecule has 2 rings (SSSR count). The smallest absolute Gasteiger partial charge is 0.311 e. The molecule has 0 aliphatic heterocycles. The molecule has 4 N–H and O–H groups in total. The molecule has 0 saturated heterocycles. The Morgan fingerprint density at radius 2 is 2.18 bits per heavy atom. The molecule has 4 heteroatoms. The molecule has 0 saturated carbocycles. The SMILES string of the molecule is Cc1[nH]c2ccccc2c1C(CCN)C(=O)O. The van der Waals surface area contributed by atoms with Gasteiger partial charge in [0.2, 0.25) is 0 Å². The Labute approximate surface area is 99.4 Å². The van der Waals surface area contributed by atoms with Gasteiger partial charge in [-0.1, -0.05) is 18.2 Å². The van der Waals surface area contributed by atoms with Crippen LogP contribution >= 0.6 is 0 Å². The van der Waals surface area contributed by atoms with Crippen molar-refractivity contribution in [1.29, 1.82) is 0 Å². The first-order valence-electron chi connectivity index (χ1n) is 5.65. The van der Waals surface area contributed by atoms with Crippen LogP contribution in [0.5, 0.6) is 0 Å². The molecule has 0 aliphatic rings. The topological polar surface area (TPSA) is 79.1 Å². The molecule has 1 heterocycles. The summed E-state index contributed by atoms with van der Waals surface area (Å²) >= 11 is 0. The molecule has 1 aromatic heterocycles. The normalized spacial score (nSPS) is 12.8. The van der Waals surface area contributed by atoms with Crippen LogP contribution in [-0.2, 0) is 4.79 Å². The molecule has 1 unspecified atom stereocenters. The van der Waals surface area contributed by atoms with Gasteiger partial charge in [-0.15, -0.1) is 0 Å². The fourth-order valence-corrected chi connectivity index (χ4v) is 2.31. The van der Waals surface area contributed by atoms with Crippen LogP contribution in [0.1, 0.15) is 23.6 Å². The summed E-state index contributed by atoms with van der Waals surface area (Å²) in [6.45, 7) is 2.28. The number of H-pyrrole nitrogens is 1. The van der Waals surface area contributed by atoms with Crippen molar-refractivity contribution in [3.05, 3.63) is 35.5 Å². The van der Waals surface area contributed by atoms with Crippen LogP contribution in [0.2, 0.25) is 0 Å². The number of aryl methyl sites for hydroxylation is 1. The fourth-order valence-electron chi connectivity index (χ4n) is 2.31. The summed E-state index contributed by atoms with van der Waals surface area (Å²) < 4.78 is 0. The molecular weight excluding hydrogens is 216 g/mol. The molecule has 0 fully saturated rings. The Hall–Kier alpha value is -1.81. The van der Waals surface area contributed by atoms with Gasteiger partial charge in [0.05, 0.1) is 5.92 Å². The maximum atomic E-state index is 11.3. The van der Waals surface area contributed by atoms with Gasteiger partial charge in [0.15, 0.2) is 0 Å². The van der Waals surface area contributed by atoms with Crippen molar-refractivity contribution in [2.45, 2.75) is 19.3 Å². The first-order valence-corrected chi connectivity index (χ1v) is 5.65. The predicted molar refractivity (Wildman–Crippen MR) is 67.1 cm³/mol. The van der Waals surface area contributed by atoms with Crippen molar-refractivity contribution in [3.8, 4) is 0 Å². The summed E-state index contributed by atoms with van der Waals surface area (Å²) in [4.78, 5) is 14.5. The molecule has 4 nitrogen and oxygen atoms in total. The summed E-state index contributed by atoms with van der Waals surface area (Å²) in [5, 5.41) is 10.3. The highest BCUT2D eigenvalue weighted by molar-refractivity contribution is 5.90. The van der Waals surface area contributed by atoms with Gasteiger partial charge in [0.1, 0.15) is 0 Å². The Bertz CT molecular complexity index is 545. The first-order chi connectivity index (χ1) is 8.15. The number of hydrogen-bond donors (Lipinski definition) is 3. The van der Waals surface area contributed by atoms with Crippen LogP contribution in [-0.4, -0.2) is 22.6 Å². The number of aromatic amines is 1. The van der Waals surface area contributed by atoms with Crippen LogP contribution in [0.25, 0.3) is 10.9 Å². The maximum absolute atomic E-state index is 11.3. The summed E-state index contributed by atoms with van der Waals surface area (Å²) in [7, 11) is 0. The number of para-hydroxylation sites is 1. The monoisotopic (exact) mass is 232 g/mol. The fraction of sp³-hybridized carbons (Fsp3) is 0.308. The van der Waals surface area contributed by atoms with Crippen molar-refractivity contribution >= 4 is 16.9 Å². The van der Waals surface area contributed by atoms with Crippen molar-refractivity contribution in [1.82, 2.24) is 4.98 Å². The third kappa shape index (κ3) is 2.03. The lowest BCUT2D eigenvalue weighted by Crippen LogP contribution is -2.16. The zero-order valence-electron chi connectivity index (χ0n) is 9.73. The van der Waals surface area contributed by atoms with Gasteiger partial charge in [-0.3, -0.25) is 4.79 Å². The molecule has 0 aliphatic carbocycles. The van der Waals surface area contributed by atoms with Gasteiger partial charge >= 0.3 is 5.97 Å². The number of nitrogens with one attached hydrogen (secondary N) is 1. The van der Waals surface area contributed by atoms with Crippen LogP contribution in [0.15, 0.2) is 24.3 Å². The highest BCUT2D eigenvalue weighted by atomic mass is 16.4. The largest absolute Gasteiger partial charge is 0.481 e. The van der Waals surface area contributed by atoms with Crippen LogP contribution in [0.4, 0.5) is 0 Å². The number of hydrogen-bond acceptors (Lipinski definition) is 2. The van der Waals surface area contributed by atoms with E-state index in [2.05, 4.69) is 4.98 Å². The number of nitrogens with two attached hydrogens (primary N) is 1. The molecule has 0 spiro atoms. The Balaban J connectivity index is 2.59. The molecule has 1 aromatic carbocycles. The molecule has 0 bridgehead atoms. The lowest BCUT2D eigenvalue weighted by Gasteiger charge is -2.11. The van der Waals surface area contributed by atoms with Crippen molar-refractivity contribution in [3.63, 3.8) is 0 Å². The van der Waals surface area contributed by atoms with E-state index in [1.807, 2.05) is 31.2 Å². The third-order valence-electron chi connectivity index (χ3n) is 3.05. The molecule has 0 amide bonds. The number of benzene rings is 1. The number of aliphatic carboxylic acids is 1. The van der Waals surface area contributed by atoms with Gasteiger partial charge in [-0.25, -0.2) is 0 Å². The minimum Gasteiger partial charge on any atom is -0.481 e. The first kappa shape index (κ1) is 11.7. The molecule has 2 aromatic rings. The summed E-state index contributed by atoms with van der Waals surface area (Å²) in [5.74, 6) is -1.35. The summed E-state index contributed by atoms with van der Waals surface area (Å²) in [6, 6.07) is 7.75. The van der Waals surface area contributed by atoms with Crippen molar-refractivity contribution in [2.75, 3.05) is 6.54 Å². The number of rotatable bonds is 4. The van der Waals surface area contributed by atoms with E-state index in [9.17, 15) is 9.90 Å². The minimum absolute atomic E-state index is 0.371. The molecule has 90 valence electrons. The van der Waals surface area contributed by atoms with Gasteiger partial charge < -0.3 is 15.8 Å². The van der Waals surface area contributed by atoms with E-state index in [0.29, 0.717) is 13.0 Å². The number of carboxylic acid groups (broad SMARTS) is 1. The predicted octanol–water partition coefficient (Wildman–Crippen LogP) is 1.99. The van der Waals surface area contributed by atoms with Crippen molar-refractivity contribution in [2.24, 2.45) is 5.73 Å². The lowest BCUT2D eigenvalue weighted by atomic mass is 9.93. The van der Waals surface area contributed by atoms with Gasteiger partial charge in [0, 0.05) is 16.6 Å². The third-order valence-corrected chi connectivity index (χ3v) is 3.05. The van der Waals surface area contributed by atoms with E-state index >= 15 is 0 Å². The van der Waals surface area contributed by atoms with E-state index < -0.39 is 11.9 Å².